The van der Waals surface area contributed by atoms with E-state index in [1.807, 2.05) is 36.4 Å². The van der Waals surface area contributed by atoms with Crippen LogP contribution in [0.4, 0.5) is 0 Å². The van der Waals surface area contributed by atoms with Gasteiger partial charge >= 0.3 is 0 Å². The summed E-state index contributed by atoms with van der Waals surface area (Å²) in [5.74, 6) is 1.81. The number of benzene rings is 2. The molecule has 5 heteroatoms. The first kappa shape index (κ1) is 13.7. The highest BCUT2D eigenvalue weighted by Gasteiger charge is 2.19. The summed E-state index contributed by atoms with van der Waals surface area (Å²) in [5.41, 5.74) is 1.87. The van der Waals surface area contributed by atoms with Crippen molar-refractivity contribution in [3.05, 3.63) is 36.4 Å². The fraction of sp³-hybridized carbons (Fsp3) is 0.188. The molecule has 2 aromatic carbocycles. The molecule has 0 atom stereocenters. The van der Waals surface area contributed by atoms with E-state index < -0.39 is 0 Å². The molecule has 0 aliphatic carbocycles. The first-order valence-corrected chi connectivity index (χ1v) is 7.25. The van der Waals surface area contributed by atoms with Gasteiger partial charge in [-0.3, -0.25) is 0 Å². The van der Waals surface area contributed by atoms with Gasteiger partial charge in [0.1, 0.15) is 10.5 Å². The van der Waals surface area contributed by atoms with Gasteiger partial charge in [0.05, 0.1) is 26.0 Å². The van der Waals surface area contributed by atoms with Crippen LogP contribution in [0.25, 0.3) is 20.8 Å². The molecule has 0 amide bonds. The largest absolute Gasteiger partial charge is 0.493 e. The van der Waals surface area contributed by atoms with Crippen molar-refractivity contribution >= 4 is 21.6 Å². The lowest BCUT2D eigenvalue weighted by Gasteiger charge is -2.11. The van der Waals surface area contributed by atoms with Crippen LogP contribution >= 0.6 is 11.3 Å². The average molecular weight is 301 g/mol. The van der Waals surface area contributed by atoms with E-state index in [1.54, 1.807) is 32.7 Å². The molecule has 1 heterocycles. The summed E-state index contributed by atoms with van der Waals surface area (Å²) in [6.07, 6.45) is 0. The monoisotopic (exact) mass is 301 g/mol. The minimum Gasteiger partial charge on any atom is -0.493 e. The molecule has 0 fully saturated rings. The first-order valence-electron chi connectivity index (χ1n) is 6.43. The standard InChI is InChI=1S/C16H15NO3S/c1-18-11-9-12-13(15(20-3)14(11)19-2)17-16(21-12)10-7-5-4-6-8-10/h4-9H,1-3H3. The molecular formula is C16H15NO3S. The molecule has 1 aromatic heterocycles. The summed E-state index contributed by atoms with van der Waals surface area (Å²) in [5, 5.41) is 0.944. The zero-order valence-corrected chi connectivity index (χ0v) is 12.9. The Kier molecular flexibility index (Phi) is 3.66. The van der Waals surface area contributed by atoms with Crippen LogP contribution in [0.1, 0.15) is 0 Å². The van der Waals surface area contributed by atoms with Gasteiger partial charge in [-0.2, -0.15) is 0 Å². The van der Waals surface area contributed by atoms with Crippen LogP contribution in [-0.2, 0) is 0 Å². The fourth-order valence-electron chi connectivity index (χ4n) is 2.23. The predicted molar refractivity (Wildman–Crippen MR) is 84.7 cm³/mol. The smallest absolute Gasteiger partial charge is 0.205 e. The predicted octanol–water partition coefficient (Wildman–Crippen LogP) is 3.99. The van der Waals surface area contributed by atoms with E-state index in [0.717, 1.165) is 20.8 Å². The highest BCUT2D eigenvalue weighted by atomic mass is 32.1. The molecule has 0 N–H and O–H groups in total. The van der Waals surface area contributed by atoms with Gasteiger partial charge in [0, 0.05) is 11.6 Å². The summed E-state index contributed by atoms with van der Waals surface area (Å²) in [4.78, 5) is 4.70. The number of rotatable bonds is 4. The minimum absolute atomic E-state index is 0.567. The highest BCUT2D eigenvalue weighted by molar-refractivity contribution is 7.21. The molecule has 0 aliphatic rings. The lowest BCUT2D eigenvalue weighted by Crippen LogP contribution is -1.95. The third-order valence-electron chi connectivity index (χ3n) is 3.21. The third-order valence-corrected chi connectivity index (χ3v) is 4.26. The number of hydrogen-bond acceptors (Lipinski definition) is 5. The van der Waals surface area contributed by atoms with Crippen LogP contribution in [0, 0.1) is 0 Å². The van der Waals surface area contributed by atoms with E-state index in [9.17, 15) is 0 Å². The SMILES string of the molecule is COc1cc2sc(-c3ccccc3)nc2c(OC)c1OC. The van der Waals surface area contributed by atoms with E-state index in [0.29, 0.717) is 17.2 Å². The van der Waals surface area contributed by atoms with Crippen molar-refractivity contribution in [3.8, 4) is 27.8 Å². The van der Waals surface area contributed by atoms with Gasteiger partial charge in [0.25, 0.3) is 0 Å². The van der Waals surface area contributed by atoms with Crippen molar-refractivity contribution < 1.29 is 14.2 Å². The second kappa shape index (κ2) is 5.61. The Morgan fingerprint density at radius 1 is 0.905 bits per heavy atom. The number of ether oxygens (including phenoxy) is 3. The second-order valence-corrected chi connectivity index (χ2v) is 5.41. The second-order valence-electron chi connectivity index (χ2n) is 4.38. The van der Waals surface area contributed by atoms with Crippen LogP contribution in [0.5, 0.6) is 17.2 Å². The molecule has 0 saturated carbocycles. The van der Waals surface area contributed by atoms with E-state index in [-0.39, 0.29) is 0 Å². The number of nitrogens with zero attached hydrogens (tertiary/aromatic N) is 1. The maximum atomic E-state index is 5.48. The normalized spacial score (nSPS) is 10.6. The van der Waals surface area contributed by atoms with Gasteiger partial charge in [0.2, 0.25) is 5.75 Å². The molecular weight excluding hydrogens is 286 g/mol. The molecule has 3 aromatic rings. The summed E-state index contributed by atoms with van der Waals surface area (Å²) in [7, 11) is 4.82. The summed E-state index contributed by atoms with van der Waals surface area (Å²) >= 11 is 1.60. The molecule has 0 saturated heterocycles. The lowest BCUT2D eigenvalue weighted by atomic mass is 10.2. The van der Waals surface area contributed by atoms with Crippen molar-refractivity contribution in [1.82, 2.24) is 4.98 Å². The van der Waals surface area contributed by atoms with Gasteiger partial charge in [-0.1, -0.05) is 30.3 Å². The zero-order chi connectivity index (χ0) is 14.8. The molecule has 108 valence electrons. The topological polar surface area (TPSA) is 40.6 Å². The van der Waals surface area contributed by atoms with Gasteiger partial charge in [0.15, 0.2) is 11.5 Å². The Morgan fingerprint density at radius 2 is 1.62 bits per heavy atom. The van der Waals surface area contributed by atoms with E-state index in [2.05, 4.69) is 0 Å². The Labute approximate surface area is 126 Å². The highest BCUT2D eigenvalue weighted by Crippen LogP contribution is 2.45. The minimum atomic E-state index is 0.567. The number of thiazole rings is 1. The Hall–Kier alpha value is -2.27. The third kappa shape index (κ3) is 2.29. The molecule has 0 aliphatic heterocycles. The first-order chi connectivity index (χ1) is 10.3. The lowest BCUT2D eigenvalue weighted by molar-refractivity contribution is 0.327. The van der Waals surface area contributed by atoms with E-state index >= 15 is 0 Å². The van der Waals surface area contributed by atoms with Gasteiger partial charge in [-0.05, 0) is 0 Å². The average Bonchev–Trinajstić information content (AvgIpc) is 2.97. The van der Waals surface area contributed by atoms with Crippen molar-refractivity contribution in [1.29, 1.82) is 0 Å². The van der Waals surface area contributed by atoms with Crippen LogP contribution in [0.15, 0.2) is 36.4 Å². The van der Waals surface area contributed by atoms with E-state index in [1.165, 1.54) is 0 Å². The maximum absolute atomic E-state index is 5.48. The summed E-state index contributed by atoms with van der Waals surface area (Å²) in [6, 6.07) is 12.0. The van der Waals surface area contributed by atoms with Crippen LogP contribution in [0.3, 0.4) is 0 Å². The Morgan fingerprint density at radius 3 is 2.24 bits per heavy atom. The number of aromatic nitrogens is 1. The molecule has 4 nitrogen and oxygen atoms in total. The number of hydrogen-bond donors (Lipinski definition) is 0. The van der Waals surface area contributed by atoms with Crippen molar-refractivity contribution in [2.24, 2.45) is 0 Å². The fourth-order valence-corrected chi connectivity index (χ4v) is 3.24. The number of methoxy groups -OCH3 is 3. The summed E-state index contributed by atoms with van der Waals surface area (Å²) in [6.45, 7) is 0. The molecule has 0 radical (unpaired) electrons. The quantitative estimate of drug-likeness (QED) is 0.730. The Balaban J connectivity index is 2.26. The van der Waals surface area contributed by atoms with Crippen molar-refractivity contribution in [3.63, 3.8) is 0 Å². The zero-order valence-electron chi connectivity index (χ0n) is 12.0. The molecule has 3 rings (SSSR count). The van der Waals surface area contributed by atoms with Crippen LogP contribution < -0.4 is 14.2 Å². The van der Waals surface area contributed by atoms with Crippen molar-refractivity contribution in [2.45, 2.75) is 0 Å². The molecule has 0 unspecified atom stereocenters. The van der Waals surface area contributed by atoms with Crippen LogP contribution in [0.2, 0.25) is 0 Å². The number of fused-ring (bicyclic) bond motifs is 1. The Bertz CT molecular complexity index is 768. The van der Waals surface area contributed by atoms with Gasteiger partial charge in [-0.25, -0.2) is 4.98 Å². The maximum Gasteiger partial charge on any atom is 0.205 e. The van der Waals surface area contributed by atoms with Gasteiger partial charge in [-0.15, -0.1) is 11.3 Å². The van der Waals surface area contributed by atoms with Crippen LogP contribution in [-0.4, -0.2) is 26.3 Å². The van der Waals surface area contributed by atoms with Crippen molar-refractivity contribution in [2.75, 3.05) is 21.3 Å². The molecule has 0 spiro atoms. The molecule has 21 heavy (non-hydrogen) atoms. The molecule has 0 bridgehead atoms. The van der Waals surface area contributed by atoms with E-state index in [4.69, 9.17) is 19.2 Å². The summed E-state index contributed by atoms with van der Waals surface area (Å²) < 4.78 is 17.3. The van der Waals surface area contributed by atoms with Gasteiger partial charge < -0.3 is 14.2 Å².